The maximum absolute atomic E-state index is 13.2. The van der Waals surface area contributed by atoms with Crippen LogP contribution in [0.5, 0.6) is 5.75 Å². The zero-order chi connectivity index (χ0) is 23.7. The minimum absolute atomic E-state index is 0.105. The SMILES string of the molecule is COC(=O)c1sc(N2C(=O)C(=O)C(=C(O)c3cccc(OC)c3)C2c2ccncc2)nc1C. The normalized spacial score (nSPS) is 17.3. The molecule has 33 heavy (non-hydrogen) atoms. The van der Waals surface area contributed by atoms with Gasteiger partial charge in [-0.05, 0) is 36.8 Å². The lowest BCUT2D eigenvalue weighted by atomic mass is 9.96. The zero-order valence-corrected chi connectivity index (χ0v) is 18.8. The second-order valence-electron chi connectivity index (χ2n) is 7.08. The van der Waals surface area contributed by atoms with Crippen molar-refractivity contribution < 1.29 is 29.0 Å². The Morgan fingerprint density at radius 3 is 2.55 bits per heavy atom. The van der Waals surface area contributed by atoms with E-state index in [9.17, 15) is 19.5 Å². The van der Waals surface area contributed by atoms with Gasteiger partial charge in [0.15, 0.2) is 5.13 Å². The number of amides is 1. The number of aromatic nitrogens is 2. The molecular formula is C23H19N3O6S. The third-order valence-corrected chi connectivity index (χ3v) is 6.31. The van der Waals surface area contributed by atoms with Gasteiger partial charge >= 0.3 is 11.9 Å². The number of ketones is 1. The van der Waals surface area contributed by atoms with Gasteiger partial charge in [0.05, 0.1) is 31.5 Å². The first-order chi connectivity index (χ1) is 15.9. The van der Waals surface area contributed by atoms with Crippen LogP contribution in [0.15, 0.2) is 54.4 Å². The Balaban J connectivity index is 1.92. The van der Waals surface area contributed by atoms with Crippen LogP contribution in [0.1, 0.15) is 32.5 Å². The number of ether oxygens (including phenoxy) is 2. The number of hydrogen-bond donors (Lipinski definition) is 1. The van der Waals surface area contributed by atoms with Crippen LogP contribution < -0.4 is 9.64 Å². The number of aliphatic hydroxyl groups is 1. The van der Waals surface area contributed by atoms with Crippen molar-refractivity contribution in [2.24, 2.45) is 0 Å². The van der Waals surface area contributed by atoms with Gasteiger partial charge in [-0.2, -0.15) is 0 Å². The van der Waals surface area contributed by atoms with Crippen molar-refractivity contribution in [1.29, 1.82) is 0 Å². The molecule has 3 heterocycles. The highest BCUT2D eigenvalue weighted by Gasteiger charge is 2.48. The number of nitrogens with zero attached hydrogens (tertiary/aromatic N) is 3. The average Bonchev–Trinajstić information content (AvgIpc) is 3.35. The van der Waals surface area contributed by atoms with Gasteiger partial charge in [0, 0.05) is 18.0 Å². The number of aryl methyl sites for hydroxylation is 1. The van der Waals surface area contributed by atoms with E-state index in [-0.39, 0.29) is 21.3 Å². The summed E-state index contributed by atoms with van der Waals surface area (Å²) in [6, 6.07) is 8.84. The van der Waals surface area contributed by atoms with Crippen LogP contribution in [0.2, 0.25) is 0 Å². The lowest BCUT2D eigenvalue weighted by Gasteiger charge is -2.22. The van der Waals surface area contributed by atoms with Crippen molar-refractivity contribution in [3.05, 3.63) is 76.1 Å². The van der Waals surface area contributed by atoms with Crippen LogP contribution in [-0.2, 0) is 14.3 Å². The number of hydrogen-bond acceptors (Lipinski definition) is 9. The molecule has 2 aromatic heterocycles. The predicted octanol–water partition coefficient (Wildman–Crippen LogP) is 3.27. The standard InChI is InChI=1S/C23H19N3O6S/c1-12-20(22(30)32-3)33-23(25-12)26-17(13-7-9-24-10-8-13)16(19(28)21(26)29)18(27)14-5-4-6-15(11-14)31-2/h4-11,17,27H,1-3H3. The fraction of sp³-hybridized carbons (Fsp3) is 0.174. The van der Waals surface area contributed by atoms with Crippen LogP contribution in [0.3, 0.4) is 0 Å². The summed E-state index contributed by atoms with van der Waals surface area (Å²) in [6.45, 7) is 1.61. The number of anilines is 1. The van der Waals surface area contributed by atoms with Crippen molar-refractivity contribution in [3.8, 4) is 5.75 Å². The summed E-state index contributed by atoms with van der Waals surface area (Å²) < 4.78 is 9.99. The van der Waals surface area contributed by atoms with Crippen molar-refractivity contribution in [2.75, 3.05) is 19.1 Å². The van der Waals surface area contributed by atoms with Crippen LogP contribution >= 0.6 is 11.3 Å². The molecule has 168 valence electrons. The summed E-state index contributed by atoms with van der Waals surface area (Å²) in [5.74, 6) is -2.20. The predicted molar refractivity (Wildman–Crippen MR) is 120 cm³/mol. The lowest BCUT2D eigenvalue weighted by Crippen LogP contribution is -2.29. The molecule has 1 amide bonds. The van der Waals surface area contributed by atoms with Crippen LogP contribution in [0.4, 0.5) is 5.13 Å². The van der Waals surface area contributed by atoms with Gasteiger partial charge in [0.2, 0.25) is 0 Å². The summed E-state index contributed by atoms with van der Waals surface area (Å²) in [6.07, 6.45) is 3.04. The minimum atomic E-state index is -0.977. The van der Waals surface area contributed by atoms with E-state index in [1.165, 1.54) is 31.5 Å². The maximum Gasteiger partial charge on any atom is 0.350 e. The third-order valence-electron chi connectivity index (χ3n) is 5.17. The zero-order valence-electron chi connectivity index (χ0n) is 17.9. The van der Waals surface area contributed by atoms with Gasteiger partial charge in [0.25, 0.3) is 5.78 Å². The number of esters is 1. The lowest BCUT2D eigenvalue weighted by molar-refractivity contribution is -0.132. The average molecular weight is 465 g/mol. The molecule has 1 fully saturated rings. The van der Waals surface area contributed by atoms with E-state index >= 15 is 0 Å². The van der Waals surface area contributed by atoms with E-state index in [2.05, 4.69) is 9.97 Å². The number of carbonyl (C=O) groups excluding carboxylic acids is 3. The molecule has 3 aromatic rings. The van der Waals surface area contributed by atoms with Crippen molar-refractivity contribution in [1.82, 2.24) is 9.97 Å². The molecule has 0 aliphatic carbocycles. The summed E-state index contributed by atoms with van der Waals surface area (Å²) >= 11 is 0.937. The molecule has 1 atom stereocenters. The molecule has 0 spiro atoms. The Morgan fingerprint density at radius 2 is 1.88 bits per heavy atom. The summed E-state index contributed by atoms with van der Waals surface area (Å²) in [7, 11) is 2.73. The number of benzene rings is 1. The Morgan fingerprint density at radius 1 is 1.15 bits per heavy atom. The molecule has 1 saturated heterocycles. The molecule has 0 radical (unpaired) electrons. The van der Waals surface area contributed by atoms with E-state index in [0.29, 0.717) is 22.6 Å². The monoisotopic (exact) mass is 465 g/mol. The second kappa shape index (κ2) is 8.83. The van der Waals surface area contributed by atoms with E-state index in [0.717, 1.165) is 11.3 Å². The first-order valence-electron chi connectivity index (χ1n) is 9.78. The smallest absolute Gasteiger partial charge is 0.350 e. The largest absolute Gasteiger partial charge is 0.507 e. The van der Waals surface area contributed by atoms with Gasteiger partial charge in [-0.15, -0.1) is 0 Å². The first kappa shape index (κ1) is 22.2. The molecule has 1 unspecified atom stereocenters. The molecule has 4 rings (SSSR count). The summed E-state index contributed by atoms with van der Waals surface area (Å²) in [4.78, 5) is 48.2. The highest BCUT2D eigenvalue weighted by atomic mass is 32.1. The topological polar surface area (TPSA) is 119 Å². The fourth-order valence-corrected chi connectivity index (χ4v) is 4.60. The third kappa shape index (κ3) is 3.85. The van der Waals surface area contributed by atoms with E-state index in [1.807, 2.05) is 0 Å². The Labute approximate surface area is 192 Å². The van der Waals surface area contributed by atoms with Gasteiger partial charge < -0.3 is 14.6 Å². The number of thiazole rings is 1. The van der Waals surface area contributed by atoms with Gasteiger partial charge in [-0.25, -0.2) is 9.78 Å². The van der Waals surface area contributed by atoms with Crippen molar-refractivity contribution in [3.63, 3.8) is 0 Å². The summed E-state index contributed by atoms with van der Waals surface area (Å²) in [5.41, 5.74) is 1.12. The van der Waals surface area contributed by atoms with Gasteiger partial charge in [-0.1, -0.05) is 23.5 Å². The second-order valence-corrected chi connectivity index (χ2v) is 8.06. The first-order valence-corrected chi connectivity index (χ1v) is 10.6. The van der Waals surface area contributed by atoms with E-state index in [1.54, 1.807) is 43.3 Å². The Kier molecular flexibility index (Phi) is 5.93. The molecule has 1 aliphatic rings. The molecule has 9 nitrogen and oxygen atoms in total. The Hall–Kier alpha value is -4.05. The number of Topliss-reactive ketones (excluding diaryl/α,β-unsaturated/α-hetero) is 1. The summed E-state index contributed by atoms with van der Waals surface area (Å²) in [5, 5.41) is 11.3. The van der Waals surface area contributed by atoms with E-state index < -0.39 is 23.7 Å². The van der Waals surface area contributed by atoms with Crippen molar-refractivity contribution in [2.45, 2.75) is 13.0 Å². The molecule has 1 N–H and O–H groups in total. The van der Waals surface area contributed by atoms with Gasteiger partial charge in [-0.3, -0.25) is 19.5 Å². The quantitative estimate of drug-likeness (QED) is 0.264. The molecule has 1 aromatic carbocycles. The van der Waals surface area contributed by atoms with Crippen LogP contribution in [-0.4, -0.2) is 47.0 Å². The minimum Gasteiger partial charge on any atom is -0.507 e. The number of rotatable bonds is 5. The highest BCUT2D eigenvalue weighted by molar-refractivity contribution is 7.17. The maximum atomic E-state index is 13.2. The number of pyridine rings is 1. The molecule has 0 saturated carbocycles. The number of methoxy groups -OCH3 is 2. The number of carbonyl (C=O) groups is 3. The fourth-order valence-electron chi connectivity index (χ4n) is 3.58. The Bertz CT molecular complexity index is 1280. The molecular weight excluding hydrogens is 446 g/mol. The highest BCUT2D eigenvalue weighted by Crippen LogP contribution is 2.43. The van der Waals surface area contributed by atoms with Crippen LogP contribution in [0, 0.1) is 6.92 Å². The van der Waals surface area contributed by atoms with Crippen molar-refractivity contribution >= 4 is 39.9 Å². The molecule has 0 bridgehead atoms. The van der Waals surface area contributed by atoms with E-state index in [4.69, 9.17) is 9.47 Å². The van der Waals surface area contributed by atoms with Gasteiger partial charge in [0.1, 0.15) is 16.4 Å². The number of aliphatic hydroxyl groups excluding tert-OH is 1. The molecule has 10 heteroatoms. The molecule has 1 aliphatic heterocycles. The van der Waals surface area contributed by atoms with Crippen LogP contribution in [0.25, 0.3) is 5.76 Å².